The summed E-state index contributed by atoms with van der Waals surface area (Å²) in [5.74, 6) is -0.491. The summed E-state index contributed by atoms with van der Waals surface area (Å²) in [6.45, 7) is 3.64. The van der Waals surface area contributed by atoms with Crippen LogP contribution in [0.5, 0.6) is 0 Å². The predicted octanol–water partition coefficient (Wildman–Crippen LogP) is 0.657. The zero-order valence-electron chi connectivity index (χ0n) is 9.45. The van der Waals surface area contributed by atoms with E-state index in [4.69, 9.17) is 0 Å². The van der Waals surface area contributed by atoms with E-state index in [-0.39, 0.29) is 5.75 Å². The van der Waals surface area contributed by atoms with E-state index >= 15 is 0 Å². The molecule has 0 heterocycles. The number of carbonyl (C=O) groups is 1. The Morgan fingerprint density at radius 1 is 1.40 bits per heavy atom. The van der Waals surface area contributed by atoms with Crippen molar-refractivity contribution in [3.8, 4) is 0 Å². The Morgan fingerprint density at radius 2 is 2.00 bits per heavy atom. The van der Waals surface area contributed by atoms with E-state index in [1.807, 2.05) is 6.92 Å². The monoisotopic (exact) mass is 237 g/mol. The molecule has 1 N–H and O–H groups in total. The molecule has 0 rings (SSSR count). The average Bonchev–Trinajstić information content (AvgIpc) is 2.22. The Balaban J connectivity index is 4.34. The van der Waals surface area contributed by atoms with Crippen LogP contribution in [0, 0.1) is 0 Å². The van der Waals surface area contributed by atoms with Gasteiger partial charge in [-0.05, 0) is 12.8 Å². The third-order valence-corrected chi connectivity index (χ3v) is 3.45. The summed E-state index contributed by atoms with van der Waals surface area (Å²) in [4.78, 5) is 11.1. The number of hydrogen-bond donors (Lipinski definition) is 1. The number of ether oxygens (including phenoxy) is 1. The number of methoxy groups -OCH3 is 1. The molecule has 1 unspecified atom stereocenters. The Bertz CT molecular complexity index is 286. The molecule has 0 aliphatic heterocycles. The van der Waals surface area contributed by atoms with Gasteiger partial charge in [0.25, 0.3) is 0 Å². The fourth-order valence-electron chi connectivity index (χ4n) is 1.05. The molecule has 0 fully saturated rings. The fourth-order valence-corrected chi connectivity index (χ4v) is 2.53. The number of unbranched alkanes of at least 4 members (excludes halogenated alkanes) is 1. The Morgan fingerprint density at radius 3 is 2.40 bits per heavy atom. The van der Waals surface area contributed by atoms with Gasteiger partial charge in [-0.15, -0.1) is 0 Å². The Labute approximate surface area is 91.2 Å². The number of rotatable bonds is 7. The van der Waals surface area contributed by atoms with Gasteiger partial charge >= 0.3 is 5.97 Å². The molecule has 6 heteroatoms. The second kappa shape index (κ2) is 6.79. The van der Waals surface area contributed by atoms with E-state index in [0.29, 0.717) is 12.8 Å². The highest BCUT2D eigenvalue weighted by molar-refractivity contribution is 7.89. The van der Waals surface area contributed by atoms with Crippen LogP contribution in [0.1, 0.15) is 33.1 Å². The molecule has 0 aromatic heterocycles. The lowest BCUT2D eigenvalue weighted by Gasteiger charge is -2.14. The second-order valence-electron chi connectivity index (χ2n) is 3.27. The molecule has 15 heavy (non-hydrogen) atoms. The topological polar surface area (TPSA) is 72.5 Å². The lowest BCUT2D eigenvalue weighted by molar-refractivity contribution is -0.142. The number of hydrogen-bond acceptors (Lipinski definition) is 4. The zero-order chi connectivity index (χ0) is 11.9. The van der Waals surface area contributed by atoms with Crippen molar-refractivity contribution in [2.45, 2.75) is 39.2 Å². The van der Waals surface area contributed by atoms with Crippen LogP contribution in [0.15, 0.2) is 0 Å². The van der Waals surface area contributed by atoms with Crippen LogP contribution in [-0.4, -0.2) is 33.3 Å². The maximum Gasteiger partial charge on any atom is 0.323 e. The minimum absolute atomic E-state index is 0.0526. The summed E-state index contributed by atoms with van der Waals surface area (Å²) in [7, 11) is -2.12. The van der Waals surface area contributed by atoms with Crippen LogP contribution >= 0.6 is 0 Å². The van der Waals surface area contributed by atoms with E-state index in [0.717, 1.165) is 6.42 Å². The molecule has 0 aromatic carbocycles. The molecule has 0 saturated heterocycles. The minimum Gasteiger partial charge on any atom is -0.468 e. The molecular weight excluding hydrogens is 218 g/mol. The maximum atomic E-state index is 11.5. The first-order chi connectivity index (χ1) is 6.96. The molecule has 1 atom stereocenters. The van der Waals surface area contributed by atoms with Gasteiger partial charge in [-0.1, -0.05) is 20.3 Å². The number of nitrogens with one attached hydrogen (secondary N) is 1. The average molecular weight is 237 g/mol. The standard InChI is InChI=1S/C9H19NO4S/c1-4-6-7-15(12,13)10-8(5-2)9(11)14-3/h8,10H,4-7H2,1-3H3. The second-order valence-corrected chi connectivity index (χ2v) is 5.15. The Kier molecular flexibility index (Phi) is 6.51. The predicted molar refractivity (Wildman–Crippen MR) is 57.9 cm³/mol. The highest BCUT2D eigenvalue weighted by atomic mass is 32.2. The SMILES string of the molecule is CCCCS(=O)(=O)NC(CC)C(=O)OC. The molecule has 0 spiro atoms. The first-order valence-corrected chi connectivity index (χ1v) is 6.69. The first kappa shape index (κ1) is 14.4. The molecule has 90 valence electrons. The van der Waals surface area contributed by atoms with Crippen LogP contribution in [0.2, 0.25) is 0 Å². The normalized spacial score (nSPS) is 13.5. The summed E-state index contributed by atoms with van der Waals surface area (Å²) in [5, 5.41) is 0. The quantitative estimate of drug-likeness (QED) is 0.660. The van der Waals surface area contributed by atoms with Crippen LogP contribution in [0.4, 0.5) is 0 Å². The van der Waals surface area contributed by atoms with E-state index in [1.54, 1.807) is 6.92 Å². The highest BCUT2D eigenvalue weighted by Crippen LogP contribution is 2.00. The van der Waals surface area contributed by atoms with Gasteiger partial charge in [0.15, 0.2) is 0 Å². The highest BCUT2D eigenvalue weighted by Gasteiger charge is 2.22. The van der Waals surface area contributed by atoms with Gasteiger partial charge in [0.05, 0.1) is 12.9 Å². The molecule has 0 aliphatic rings. The van der Waals surface area contributed by atoms with Crippen molar-refractivity contribution in [3.63, 3.8) is 0 Å². The van der Waals surface area contributed by atoms with Gasteiger partial charge in [0.1, 0.15) is 6.04 Å². The summed E-state index contributed by atoms with van der Waals surface area (Å²) in [6, 6.07) is -0.767. The number of esters is 1. The molecular formula is C9H19NO4S. The van der Waals surface area contributed by atoms with Crippen molar-refractivity contribution in [3.05, 3.63) is 0 Å². The smallest absolute Gasteiger partial charge is 0.323 e. The van der Waals surface area contributed by atoms with Crippen molar-refractivity contribution >= 4 is 16.0 Å². The molecule has 0 aliphatic carbocycles. The number of carbonyl (C=O) groups excluding carboxylic acids is 1. The van der Waals surface area contributed by atoms with Crippen molar-refractivity contribution in [1.82, 2.24) is 4.72 Å². The Hall–Kier alpha value is -0.620. The molecule has 0 bridgehead atoms. The van der Waals surface area contributed by atoms with Crippen molar-refractivity contribution < 1.29 is 17.9 Å². The van der Waals surface area contributed by atoms with Gasteiger partial charge in [-0.3, -0.25) is 4.79 Å². The lowest BCUT2D eigenvalue weighted by Crippen LogP contribution is -2.41. The summed E-state index contributed by atoms with van der Waals surface area (Å²) >= 11 is 0. The fraction of sp³-hybridized carbons (Fsp3) is 0.889. The maximum absolute atomic E-state index is 11.5. The zero-order valence-corrected chi connectivity index (χ0v) is 10.3. The van der Waals surface area contributed by atoms with E-state index in [1.165, 1.54) is 7.11 Å². The molecule has 0 amide bonds. The molecule has 0 radical (unpaired) electrons. The van der Waals surface area contributed by atoms with Crippen molar-refractivity contribution in [2.24, 2.45) is 0 Å². The van der Waals surface area contributed by atoms with Crippen molar-refractivity contribution in [1.29, 1.82) is 0 Å². The van der Waals surface area contributed by atoms with Crippen LogP contribution in [0.25, 0.3) is 0 Å². The summed E-state index contributed by atoms with van der Waals surface area (Å²) < 4.78 is 29.7. The van der Waals surface area contributed by atoms with Gasteiger partial charge in [0, 0.05) is 0 Å². The van der Waals surface area contributed by atoms with Gasteiger partial charge in [-0.2, -0.15) is 0 Å². The van der Waals surface area contributed by atoms with Crippen LogP contribution in [0.3, 0.4) is 0 Å². The van der Waals surface area contributed by atoms with E-state index in [2.05, 4.69) is 9.46 Å². The van der Waals surface area contributed by atoms with Crippen LogP contribution < -0.4 is 4.72 Å². The summed E-state index contributed by atoms with van der Waals surface area (Å²) in [5.41, 5.74) is 0. The largest absolute Gasteiger partial charge is 0.468 e. The van der Waals surface area contributed by atoms with E-state index in [9.17, 15) is 13.2 Å². The lowest BCUT2D eigenvalue weighted by atomic mass is 10.2. The molecule has 5 nitrogen and oxygen atoms in total. The van der Waals surface area contributed by atoms with Gasteiger partial charge < -0.3 is 4.74 Å². The third-order valence-electron chi connectivity index (χ3n) is 1.98. The van der Waals surface area contributed by atoms with Gasteiger partial charge in [0.2, 0.25) is 10.0 Å². The minimum atomic E-state index is -3.36. The first-order valence-electron chi connectivity index (χ1n) is 5.04. The van der Waals surface area contributed by atoms with Gasteiger partial charge in [-0.25, -0.2) is 13.1 Å². The van der Waals surface area contributed by atoms with E-state index < -0.39 is 22.0 Å². The van der Waals surface area contributed by atoms with Crippen molar-refractivity contribution in [2.75, 3.05) is 12.9 Å². The van der Waals surface area contributed by atoms with Crippen LogP contribution in [-0.2, 0) is 19.6 Å². The molecule has 0 saturated carbocycles. The summed E-state index contributed by atoms with van der Waals surface area (Å²) in [6.07, 6.45) is 1.78. The number of sulfonamides is 1. The molecule has 0 aromatic rings. The third kappa shape index (κ3) is 5.74.